The SMILES string of the molecule is O=S(=O)(c1ccc2c(c1)OCCO2)N1CCC(O)c2ccccc21. The van der Waals surface area contributed by atoms with Crippen LogP contribution in [0, 0.1) is 0 Å². The lowest BCUT2D eigenvalue weighted by Gasteiger charge is -2.33. The number of nitrogens with zero attached hydrogens (tertiary/aromatic N) is 1. The number of aliphatic hydroxyl groups excluding tert-OH is 1. The lowest BCUT2D eigenvalue weighted by molar-refractivity contribution is 0.166. The molecule has 2 heterocycles. The normalized spacial score (nSPS) is 19.7. The molecule has 0 bridgehead atoms. The van der Waals surface area contributed by atoms with Crippen molar-refractivity contribution in [2.24, 2.45) is 0 Å². The highest BCUT2D eigenvalue weighted by atomic mass is 32.2. The highest BCUT2D eigenvalue weighted by Crippen LogP contribution is 2.38. The van der Waals surface area contributed by atoms with Gasteiger partial charge in [0.15, 0.2) is 11.5 Å². The number of rotatable bonds is 2. The third-order valence-electron chi connectivity index (χ3n) is 4.27. The molecule has 0 radical (unpaired) electrons. The van der Waals surface area contributed by atoms with Crippen molar-refractivity contribution in [2.45, 2.75) is 17.4 Å². The van der Waals surface area contributed by atoms with Gasteiger partial charge in [-0.25, -0.2) is 8.42 Å². The molecule has 126 valence electrons. The minimum Gasteiger partial charge on any atom is -0.486 e. The molecule has 0 aromatic heterocycles. The van der Waals surface area contributed by atoms with E-state index in [-0.39, 0.29) is 11.4 Å². The number of hydrogen-bond acceptors (Lipinski definition) is 5. The summed E-state index contributed by atoms with van der Waals surface area (Å²) in [6.07, 6.45) is -0.284. The fraction of sp³-hybridized carbons (Fsp3) is 0.294. The molecular weight excluding hydrogens is 330 g/mol. The van der Waals surface area contributed by atoms with E-state index in [2.05, 4.69) is 0 Å². The van der Waals surface area contributed by atoms with Crippen LogP contribution in [0.5, 0.6) is 11.5 Å². The number of fused-ring (bicyclic) bond motifs is 2. The number of hydrogen-bond donors (Lipinski definition) is 1. The maximum Gasteiger partial charge on any atom is 0.264 e. The van der Waals surface area contributed by atoms with Gasteiger partial charge in [-0.3, -0.25) is 4.31 Å². The van der Waals surface area contributed by atoms with E-state index in [0.29, 0.717) is 42.4 Å². The molecule has 0 saturated carbocycles. The van der Waals surface area contributed by atoms with Crippen LogP contribution in [0.2, 0.25) is 0 Å². The summed E-state index contributed by atoms with van der Waals surface area (Å²) in [5, 5.41) is 10.1. The summed E-state index contributed by atoms with van der Waals surface area (Å²) in [7, 11) is -3.75. The Morgan fingerprint density at radius 1 is 1.04 bits per heavy atom. The van der Waals surface area contributed by atoms with Crippen molar-refractivity contribution in [1.82, 2.24) is 0 Å². The van der Waals surface area contributed by atoms with E-state index < -0.39 is 16.1 Å². The van der Waals surface area contributed by atoms with Crippen LogP contribution in [0.25, 0.3) is 0 Å². The summed E-state index contributed by atoms with van der Waals surface area (Å²) in [5.74, 6) is 0.988. The maximum absolute atomic E-state index is 13.1. The Bertz CT molecular complexity index is 880. The molecule has 4 rings (SSSR count). The number of benzene rings is 2. The molecule has 0 spiro atoms. The van der Waals surface area contributed by atoms with Gasteiger partial charge in [0, 0.05) is 18.2 Å². The summed E-state index contributed by atoms with van der Waals surface area (Å²) >= 11 is 0. The molecule has 2 aromatic rings. The highest BCUT2D eigenvalue weighted by Gasteiger charge is 2.33. The fourth-order valence-corrected chi connectivity index (χ4v) is 4.59. The molecule has 7 heteroatoms. The van der Waals surface area contributed by atoms with Gasteiger partial charge in [0.2, 0.25) is 0 Å². The first-order valence-corrected chi connectivity index (χ1v) is 9.21. The second-order valence-corrected chi connectivity index (χ2v) is 7.61. The van der Waals surface area contributed by atoms with Crippen molar-refractivity contribution in [1.29, 1.82) is 0 Å². The van der Waals surface area contributed by atoms with E-state index >= 15 is 0 Å². The zero-order valence-corrected chi connectivity index (χ0v) is 13.7. The molecule has 2 aromatic carbocycles. The Hall–Kier alpha value is -2.25. The number of aliphatic hydroxyl groups is 1. The van der Waals surface area contributed by atoms with Crippen molar-refractivity contribution < 1.29 is 23.0 Å². The van der Waals surface area contributed by atoms with Gasteiger partial charge in [0.05, 0.1) is 16.7 Å². The molecule has 6 nitrogen and oxygen atoms in total. The molecule has 24 heavy (non-hydrogen) atoms. The molecule has 1 unspecified atom stereocenters. The van der Waals surface area contributed by atoms with Crippen LogP contribution in [0.1, 0.15) is 18.1 Å². The molecule has 1 atom stereocenters. The minimum absolute atomic E-state index is 0.151. The van der Waals surface area contributed by atoms with Crippen LogP contribution >= 0.6 is 0 Å². The Labute approximate surface area is 140 Å². The van der Waals surface area contributed by atoms with E-state index in [1.807, 2.05) is 0 Å². The standard InChI is InChI=1S/C17H17NO5S/c19-15-7-8-18(14-4-2-1-3-13(14)15)24(20,21)12-5-6-16-17(11-12)23-10-9-22-16/h1-6,11,15,19H,7-10H2. The maximum atomic E-state index is 13.1. The number of ether oxygens (including phenoxy) is 2. The lowest BCUT2D eigenvalue weighted by Crippen LogP contribution is -2.36. The molecule has 2 aliphatic heterocycles. The fourth-order valence-electron chi connectivity index (χ4n) is 3.07. The Morgan fingerprint density at radius 2 is 1.79 bits per heavy atom. The van der Waals surface area contributed by atoms with Gasteiger partial charge in [0.25, 0.3) is 10.0 Å². The van der Waals surface area contributed by atoms with E-state index in [1.54, 1.807) is 30.3 Å². The van der Waals surface area contributed by atoms with Gasteiger partial charge >= 0.3 is 0 Å². The van der Waals surface area contributed by atoms with Gasteiger partial charge in [-0.2, -0.15) is 0 Å². The van der Waals surface area contributed by atoms with Crippen molar-refractivity contribution in [2.75, 3.05) is 24.1 Å². The second-order valence-electron chi connectivity index (χ2n) is 5.75. The molecule has 1 N–H and O–H groups in total. The van der Waals surface area contributed by atoms with Crippen LogP contribution in [-0.2, 0) is 10.0 Å². The average molecular weight is 347 g/mol. The topological polar surface area (TPSA) is 76.1 Å². The van der Waals surface area contributed by atoms with Crippen molar-refractivity contribution >= 4 is 15.7 Å². The molecule has 0 aliphatic carbocycles. The largest absolute Gasteiger partial charge is 0.486 e. The van der Waals surface area contributed by atoms with Crippen LogP contribution in [0.15, 0.2) is 47.4 Å². The zero-order valence-electron chi connectivity index (χ0n) is 12.9. The van der Waals surface area contributed by atoms with Crippen LogP contribution in [0.3, 0.4) is 0 Å². The summed E-state index contributed by atoms with van der Waals surface area (Å²) in [5.41, 5.74) is 1.15. The van der Waals surface area contributed by atoms with Gasteiger partial charge < -0.3 is 14.6 Å². The van der Waals surface area contributed by atoms with E-state index in [0.717, 1.165) is 0 Å². The first-order valence-electron chi connectivity index (χ1n) is 7.77. The van der Waals surface area contributed by atoms with Gasteiger partial charge in [0.1, 0.15) is 13.2 Å². The monoisotopic (exact) mass is 347 g/mol. The third kappa shape index (κ3) is 2.40. The first-order chi connectivity index (χ1) is 11.6. The van der Waals surface area contributed by atoms with Crippen LogP contribution < -0.4 is 13.8 Å². The zero-order chi connectivity index (χ0) is 16.7. The molecule has 2 aliphatic rings. The highest BCUT2D eigenvalue weighted by molar-refractivity contribution is 7.92. The van der Waals surface area contributed by atoms with Crippen molar-refractivity contribution in [3.63, 3.8) is 0 Å². The van der Waals surface area contributed by atoms with Crippen LogP contribution in [-0.4, -0.2) is 33.3 Å². The van der Waals surface area contributed by atoms with Crippen molar-refractivity contribution in [3.8, 4) is 11.5 Å². The van der Waals surface area contributed by atoms with Gasteiger partial charge in [-0.1, -0.05) is 18.2 Å². The molecule has 0 saturated heterocycles. The quantitative estimate of drug-likeness (QED) is 0.900. The predicted octanol–water partition coefficient (Wildman–Crippen LogP) is 2.09. The van der Waals surface area contributed by atoms with E-state index in [4.69, 9.17) is 9.47 Å². The summed E-state index contributed by atoms with van der Waals surface area (Å²) in [6, 6.07) is 11.7. The van der Waals surface area contributed by atoms with Crippen LogP contribution in [0.4, 0.5) is 5.69 Å². The Morgan fingerprint density at radius 3 is 2.62 bits per heavy atom. The van der Waals surface area contributed by atoms with E-state index in [9.17, 15) is 13.5 Å². The van der Waals surface area contributed by atoms with E-state index in [1.165, 1.54) is 16.4 Å². The second kappa shape index (κ2) is 5.68. The van der Waals surface area contributed by atoms with Gasteiger partial charge in [-0.15, -0.1) is 0 Å². The van der Waals surface area contributed by atoms with Crippen molar-refractivity contribution in [3.05, 3.63) is 48.0 Å². The number of para-hydroxylation sites is 1. The Balaban J connectivity index is 1.77. The first kappa shape index (κ1) is 15.3. The Kier molecular flexibility index (Phi) is 3.62. The lowest BCUT2D eigenvalue weighted by atomic mass is 10.0. The number of anilines is 1. The molecule has 0 fully saturated rings. The summed E-state index contributed by atoms with van der Waals surface area (Å²) in [4.78, 5) is 0.151. The van der Waals surface area contributed by atoms with Gasteiger partial charge in [-0.05, 0) is 24.6 Å². The average Bonchev–Trinajstić information content (AvgIpc) is 2.61. The number of sulfonamides is 1. The summed E-state index contributed by atoms with van der Waals surface area (Å²) < 4.78 is 38.5. The smallest absolute Gasteiger partial charge is 0.264 e. The summed E-state index contributed by atoms with van der Waals surface area (Å²) in [6.45, 7) is 1.08. The minimum atomic E-state index is -3.75. The molecular formula is C17H17NO5S. The third-order valence-corrected chi connectivity index (χ3v) is 6.08. The molecule has 0 amide bonds. The predicted molar refractivity (Wildman–Crippen MR) is 88.0 cm³/mol.